The van der Waals surface area contributed by atoms with Gasteiger partial charge in [0, 0.05) is 42.6 Å². The number of likely N-dealkylation sites (tertiary alicyclic amines) is 1. The second-order valence-electron chi connectivity index (χ2n) is 9.91. The molecule has 2 N–H and O–H groups in total. The highest BCUT2D eigenvalue weighted by molar-refractivity contribution is 6.37. The molecule has 3 heterocycles. The van der Waals surface area contributed by atoms with Gasteiger partial charge in [0.1, 0.15) is 5.82 Å². The molecule has 1 aliphatic carbocycles. The zero-order chi connectivity index (χ0) is 24.6. The van der Waals surface area contributed by atoms with Gasteiger partial charge in [-0.05, 0) is 88.2 Å². The lowest BCUT2D eigenvalue weighted by Gasteiger charge is -2.31. The molecule has 1 atom stereocenters. The van der Waals surface area contributed by atoms with Gasteiger partial charge in [0.2, 0.25) is 5.91 Å². The zero-order valence-corrected chi connectivity index (χ0v) is 21.9. The van der Waals surface area contributed by atoms with Gasteiger partial charge >= 0.3 is 0 Å². The van der Waals surface area contributed by atoms with Crippen LogP contribution >= 0.6 is 11.6 Å². The Morgan fingerprint density at radius 1 is 1.26 bits per heavy atom. The molecular formula is C28H39ClN4O2. The van der Waals surface area contributed by atoms with Crippen molar-refractivity contribution in [2.24, 2.45) is 11.8 Å². The Balaban J connectivity index is 1.52. The van der Waals surface area contributed by atoms with Crippen molar-refractivity contribution in [3.8, 4) is 0 Å². The molecule has 6 nitrogen and oxygen atoms in total. The van der Waals surface area contributed by atoms with E-state index in [0.717, 1.165) is 106 Å². The second-order valence-corrected chi connectivity index (χ2v) is 10.3. The minimum atomic E-state index is 0.0214. The number of hydrogen-bond donors (Lipinski definition) is 2. The van der Waals surface area contributed by atoms with Crippen LogP contribution in [0.15, 0.2) is 46.7 Å². The Labute approximate surface area is 214 Å². The van der Waals surface area contributed by atoms with E-state index in [9.17, 15) is 4.79 Å². The summed E-state index contributed by atoms with van der Waals surface area (Å²) in [5.74, 6) is 1.57. The van der Waals surface area contributed by atoms with Crippen LogP contribution < -0.4 is 10.6 Å². The highest BCUT2D eigenvalue weighted by Crippen LogP contribution is 2.31. The largest absolute Gasteiger partial charge is 0.381 e. The van der Waals surface area contributed by atoms with Crippen LogP contribution in [0.2, 0.25) is 0 Å². The fraction of sp³-hybridized carbons (Fsp3) is 0.571. The molecule has 1 unspecified atom stereocenters. The number of amides is 1. The molecule has 35 heavy (non-hydrogen) atoms. The summed E-state index contributed by atoms with van der Waals surface area (Å²) in [6, 6.07) is 5.99. The van der Waals surface area contributed by atoms with Crippen LogP contribution in [-0.2, 0) is 9.53 Å². The molecule has 190 valence electrons. The van der Waals surface area contributed by atoms with Gasteiger partial charge in [-0.25, -0.2) is 4.98 Å². The lowest BCUT2D eigenvalue weighted by atomic mass is 9.96. The number of anilines is 1. The summed E-state index contributed by atoms with van der Waals surface area (Å²) in [5.41, 5.74) is 3.66. The minimum Gasteiger partial charge on any atom is -0.381 e. The normalized spacial score (nSPS) is 22.7. The number of allylic oxidation sites excluding steroid dienone is 5. The average molecular weight is 499 g/mol. The van der Waals surface area contributed by atoms with Crippen molar-refractivity contribution in [1.82, 2.24) is 15.2 Å². The molecule has 0 bridgehead atoms. The lowest BCUT2D eigenvalue weighted by Crippen LogP contribution is -2.42. The number of ether oxygens (including phenoxy) is 1. The Morgan fingerprint density at radius 2 is 2.09 bits per heavy atom. The standard InChI is InChI=1S/C28H39ClN4O2/c1-3-33-14-6-8-22(19-33)28(34)32-26-17-23(24(29)9-4-7-20(26)2)25-10-5-11-27(31-25)30-18-21-12-15-35-16-13-21/h5,9-11,17,21-22H,3-4,6-8,12-16,18-19H2,1-2H3,(H,30,31)(H,32,34). The number of nitrogens with one attached hydrogen (secondary N) is 2. The molecule has 4 rings (SSSR count). The van der Waals surface area contributed by atoms with Gasteiger partial charge in [0.25, 0.3) is 0 Å². The monoisotopic (exact) mass is 498 g/mol. The van der Waals surface area contributed by atoms with Crippen molar-refractivity contribution in [2.45, 2.75) is 52.4 Å². The first-order chi connectivity index (χ1) is 17.0. The molecule has 1 aromatic heterocycles. The van der Waals surface area contributed by atoms with Crippen LogP contribution in [0, 0.1) is 11.8 Å². The van der Waals surface area contributed by atoms with Crippen molar-refractivity contribution in [3.63, 3.8) is 0 Å². The van der Waals surface area contributed by atoms with Crippen molar-refractivity contribution in [1.29, 1.82) is 0 Å². The fourth-order valence-electron chi connectivity index (χ4n) is 5.01. The summed E-state index contributed by atoms with van der Waals surface area (Å²) in [6.45, 7) is 9.71. The topological polar surface area (TPSA) is 66.5 Å². The number of pyridine rings is 1. The van der Waals surface area contributed by atoms with Gasteiger partial charge < -0.3 is 20.3 Å². The van der Waals surface area contributed by atoms with Crippen LogP contribution in [0.1, 0.15) is 58.1 Å². The number of carbonyl (C=O) groups is 1. The SMILES string of the molecule is CCN1CCCC(C(=O)NC2=C(C)CCC=C(Cl)C(c3cccc(NCC4CCOCC4)n3)=C2)C1. The fourth-order valence-corrected chi connectivity index (χ4v) is 5.27. The van der Waals surface area contributed by atoms with Crippen LogP contribution in [-0.4, -0.2) is 55.2 Å². The van der Waals surface area contributed by atoms with E-state index in [4.69, 9.17) is 21.3 Å². The third-order valence-electron chi connectivity index (χ3n) is 7.37. The second kappa shape index (κ2) is 12.7. The molecular weight excluding hydrogens is 460 g/mol. The molecule has 3 aliphatic rings. The number of nitrogens with zero attached hydrogens (tertiary/aromatic N) is 2. The van der Waals surface area contributed by atoms with Gasteiger partial charge in [-0.3, -0.25) is 4.79 Å². The van der Waals surface area contributed by atoms with E-state index < -0.39 is 0 Å². The van der Waals surface area contributed by atoms with E-state index in [1.807, 2.05) is 24.3 Å². The number of carbonyl (C=O) groups excluding carboxylic acids is 1. The number of rotatable bonds is 7. The Bertz CT molecular complexity index is 981. The molecule has 1 amide bonds. The molecule has 2 fully saturated rings. The smallest absolute Gasteiger partial charge is 0.228 e. The molecule has 0 aromatic carbocycles. The zero-order valence-electron chi connectivity index (χ0n) is 21.1. The summed E-state index contributed by atoms with van der Waals surface area (Å²) in [7, 11) is 0. The molecule has 1 aromatic rings. The van der Waals surface area contributed by atoms with E-state index >= 15 is 0 Å². The predicted octanol–water partition coefficient (Wildman–Crippen LogP) is 5.34. The highest BCUT2D eigenvalue weighted by Gasteiger charge is 2.26. The Kier molecular flexibility index (Phi) is 9.41. The third kappa shape index (κ3) is 7.18. The number of piperidine rings is 1. The maximum atomic E-state index is 13.2. The van der Waals surface area contributed by atoms with Crippen molar-refractivity contribution < 1.29 is 9.53 Å². The number of hydrogen-bond acceptors (Lipinski definition) is 5. The molecule has 2 saturated heterocycles. The van der Waals surface area contributed by atoms with E-state index in [1.54, 1.807) is 0 Å². The Morgan fingerprint density at radius 3 is 2.89 bits per heavy atom. The molecule has 0 saturated carbocycles. The van der Waals surface area contributed by atoms with Crippen LogP contribution in [0.4, 0.5) is 5.82 Å². The molecule has 2 aliphatic heterocycles. The van der Waals surface area contributed by atoms with Gasteiger partial charge in [-0.15, -0.1) is 0 Å². The van der Waals surface area contributed by atoms with Crippen molar-refractivity contribution in [3.05, 3.63) is 52.3 Å². The van der Waals surface area contributed by atoms with E-state index in [0.29, 0.717) is 11.0 Å². The van der Waals surface area contributed by atoms with Gasteiger partial charge in [-0.2, -0.15) is 0 Å². The number of halogens is 1. The van der Waals surface area contributed by atoms with Gasteiger partial charge in [-0.1, -0.05) is 30.7 Å². The first kappa shape index (κ1) is 25.9. The van der Waals surface area contributed by atoms with Crippen LogP contribution in [0.25, 0.3) is 5.57 Å². The summed E-state index contributed by atoms with van der Waals surface area (Å²) < 4.78 is 5.47. The summed E-state index contributed by atoms with van der Waals surface area (Å²) in [5, 5.41) is 7.42. The average Bonchev–Trinajstić information content (AvgIpc) is 2.89. The van der Waals surface area contributed by atoms with Gasteiger partial charge in [0.05, 0.1) is 11.6 Å². The summed E-state index contributed by atoms with van der Waals surface area (Å²) in [4.78, 5) is 20.4. The van der Waals surface area contributed by atoms with Crippen LogP contribution in [0.5, 0.6) is 0 Å². The molecule has 0 radical (unpaired) electrons. The van der Waals surface area contributed by atoms with E-state index in [2.05, 4.69) is 35.5 Å². The first-order valence-electron chi connectivity index (χ1n) is 13.1. The quantitative estimate of drug-likeness (QED) is 0.531. The van der Waals surface area contributed by atoms with E-state index in [1.165, 1.54) is 0 Å². The summed E-state index contributed by atoms with van der Waals surface area (Å²) in [6.07, 6.45) is 9.92. The molecule has 7 heteroatoms. The lowest BCUT2D eigenvalue weighted by molar-refractivity contribution is -0.125. The van der Waals surface area contributed by atoms with E-state index in [-0.39, 0.29) is 11.8 Å². The van der Waals surface area contributed by atoms with Crippen LogP contribution in [0.3, 0.4) is 0 Å². The maximum absolute atomic E-state index is 13.2. The first-order valence-corrected chi connectivity index (χ1v) is 13.5. The van der Waals surface area contributed by atoms with Crippen molar-refractivity contribution in [2.75, 3.05) is 44.7 Å². The van der Waals surface area contributed by atoms with Crippen molar-refractivity contribution >= 4 is 28.9 Å². The summed E-state index contributed by atoms with van der Waals surface area (Å²) >= 11 is 6.76. The molecule has 0 spiro atoms. The minimum absolute atomic E-state index is 0.0214. The predicted molar refractivity (Wildman–Crippen MR) is 143 cm³/mol. The number of aromatic nitrogens is 1. The van der Waals surface area contributed by atoms with Gasteiger partial charge in [0.15, 0.2) is 0 Å². The highest BCUT2D eigenvalue weighted by atomic mass is 35.5. The third-order valence-corrected chi connectivity index (χ3v) is 7.73. The maximum Gasteiger partial charge on any atom is 0.228 e. The Hall–Kier alpha value is -2.15.